The highest BCUT2D eigenvalue weighted by Crippen LogP contribution is 2.07. The number of guanidine groups is 1. The third-order valence-electron chi connectivity index (χ3n) is 4.00. The van der Waals surface area contributed by atoms with Crippen molar-refractivity contribution in [2.24, 2.45) is 12.0 Å². The number of nitrogens with zero attached hydrogens (tertiary/aromatic N) is 4. The Hall–Kier alpha value is -1.54. The van der Waals surface area contributed by atoms with Crippen LogP contribution in [0.3, 0.4) is 0 Å². The number of hydrogen-bond donors (Lipinski definition) is 1. The molecule has 1 aromatic heterocycles. The van der Waals surface area contributed by atoms with Crippen LogP contribution in [0.4, 0.5) is 0 Å². The van der Waals surface area contributed by atoms with Crippen molar-refractivity contribution in [1.82, 2.24) is 19.7 Å². The first-order valence-electron chi connectivity index (χ1n) is 8.24. The molecule has 25 heavy (non-hydrogen) atoms. The molecule has 0 unspecified atom stereocenters. The van der Waals surface area contributed by atoms with E-state index in [-0.39, 0.29) is 24.0 Å². The van der Waals surface area contributed by atoms with E-state index in [1.807, 2.05) is 7.05 Å². The minimum atomic E-state index is 0. The summed E-state index contributed by atoms with van der Waals surface area (Å²) in [5.74, 6) is 0.897. The van der Waals surface area contributed by atoms with Crippen molar-refractivity contribution in [2.45, 2.75) is 19.6 Å². The van der Waals surface area contributed by atoms with E-state index >= 15 is 0 Å². The number of rotatable bonds is 6. The summed E-state index contributed by atoms with van der Waals surface area (Å²) in [6.07, 6.45) is 2.06. The molecule has 6 heteroatoms. The lowest BCUT2D eigenvalue weighted by molar-refractivity contribution is 0.402. The molecule has 2 aromatic rings. The molecule has 1 aromatic carbocycles. The van der Waals surface area contributed by atoms with Crippen LogP contribution in [0.15, 0.2) is 47.6 Å². The van der Waals surface area contributed by atoms with Crippen LogP contribution >= 0.6 is 24.0 Å². The molecule has 1 N–H and O–H groups in total. The van der Waals surface area contributed by atoms with Gasteiger partial charge in [-0.25, -0.2) is 0 Å². The number of aryl methyl sites for hydroxylation is 1. The fourth-order valence-corrected chi connectivity index (χ4v) is 2.67. The molecule has 0 saturated heterocycles. The molecule has 138 valence electrons. The Morgan fingerprint density at radius 2 is 1.68 bits per heavy atom. The maximum Gasteiger partial charge on any atom is 0.194 e. The quantitative estimate of drug-likeness (QED) is 0.414. The van der Waals surface area contributed by atoms with E-state index < -0.39 is 0 Å². The summed E-state index contributed by atoms with van der Waals surface area (Å²) in [5, 5.41) is 3.43. The number of aromatic nitrogens is 1. The average Bonchev–Trinajstić information content (AvgIpc) is 2.94. The zero-order valence-electron chi connectivity index (χ0n) is 15.9. The molecule has 0 amide bonds. The SMILES string of the molecule is CN=C(NCc1ccc(CN(C)C)cc1)N(C)Cc1cccn1C.I. The predicted octanol–water partition coefficient (Wildman–Crippen LogP) is 2.91. The minimum Gasteiger partial charge on any atom is -0.353 e. The van der Waals surface area contributed by atoms with E-state index in [1.54, 1.807) is 0 Å². The van der Waals surface area contributed by atoms with Crippen molar-refractivity contribution in [3.63, 3.8) is 0 Å². The summed E-state index contributed by atoms with van der Waals surface area (Å²) in [6.45, 7) is 2.56. The Bertz CT molecular complexity index is 661. The third kappa shape index (κ3) is 6.70. The summed E-state index contributed by atoms with van der Waals surface area (Å²) in [5.41, 5.74) is 3.84. The second-order valence-electron chi connectivity index (χ2n) is 6.42. The first-order valence-corrected chi connectivity index (χ1v) is 8.24. The number of hydrogen-bond acceptors (Lipinski definition) is 2. The van der Waals surface area contributed by atoms with Crippen molar-refractivity contribution < 1.29 is 0 Å². The molecule has 1 heterocycles. The third-order valence-corrected chi connectivity index (χ3v) is 4.00. The number of nitrogens with one attached hydrogen (secondary N) is 1. The van der Waals surface area contributed by atoms with Gasteiger partial charge in [-0.15, -0.1) is 24.0 Å². The van der Waals surface area contributed by atoms with E-state index in [2.05, 4.69) is 95.5 Å². The molecule has 0 saturated carbocycles. The molecule has 0 spiro atoms. The summed E-state index contributed by atoms with van der Waals surface area (Å²) < 4.78 is 2.13. The summed E-state index contributed by atoms with van der Waals surface area (Å²) in [7, 11) is 10.1. The normalized spacial score (nSPS) is 11.4. The van der Waals surface area contributed by atoms with Gasteiger partial charge >= 0.3 is 0 Å². The largest absolute Gasteiger partial charge is 0.353 e. The van der Waals surface area contributed by atoms with Crippen LogP contribution in [0.1, 0.15) is 16.8 Å². The molecule has 0 atom stereocenters. The summed E-state index contributed by atoms with van der Waals surface area (Å²) in [6, 6.07) is 12.9. The Labute approximate surface area is 168 Å². The molecule has 0 aliphatic heterocycles. The lowest BCUT2D eigenvalue weighted by atomic mass is 10.1. The second-order valence-corrected chi connectivity index (χ2v) is 6.42. The van der Waals surface area contributed by atoms with Gasteiger partial charge in [0.25, 0.3) is 0 Å². The highest BCUT2D eigenvalue weighted by atomic mass is 127. The molecule has 0 aliphatic rings. The monoisotopic (exact) mass is 455 g/mol. The van der Waals surface area contributed by atoms with Crippen molar-refractivity contribution >= 4 is 29.9 Å². The van der Waals surface area contributed by atoms with Gasteiger partial charge in [-0.1, -0.05) is 24.3 Å². The molecule has 0 fully saturated rings. The van der Waals surface area contributed by atoms with Gasteiger partial charge in [0.15, 0.2) is 5.96 Å². The highest BCUT2D eigenvalue weighted by molar-refractivity contribution is 14.0. The lowest BCUT2D eigenvalue weighted by Gasteiger charge is -2.22. The number of benzene rings is 1. The zero-order chi connectivity index (χ0) is 17.5. The standard InChI is InChI=1S/C19H29N5.HI/c1-20-19(24(5)15-18-7-6-12-23(18)4)21-13-16-8-10-17(11-9-16)14-22(2)3;/h6-12H,13-15H2,1-5H3,(H,20,21);1H. The molecule has 0 bridgehead atoms. The van der Waals surface area contributed by atoms with E-state index in [0.717, 1.165) is 25.6 Å². The van der Waals surface area contributed by atoms with Gasteiger partial charge in [-0.2, -0.15) is 0 Å². The van der Waals surface area contributed by atoms with Crippen molar-refractivity contribution in [2.75, 3.05) is 28.2 Å². The van der Waals surface area contributed by atoms with Crippen LogP contribution in [0, 0.1) is 0 Å². The van der Waals surface area contributed by atoms with Crippen LogP contribution in [-0.4, -0.2) is 48.5 Å². The van der Waals surface area contributed by atoms with Crippen LogP contribution < -0.4 is 5.32 Å². The predicted molar refractivity (Wildman–Crippen MR) is 116 cm³/mol. The Morgan fingerprint density at radius 3 is 2.20 bits per heavy atom. The molecule has 0 aliphatic carbocycles. The van der Waals surface area contributed by atoms with Gasteiger partial charge in [0.05, 0.1) is 6.54 Å². The van der Waals surface area contributed by atoms with Crippen LogP contribution in [-0.2, 0) is 26.7 Å². The molecular formula is C19H30IN5. The zero-order valence-corrected chi connectivity index (χ0v) is 18.2. The highest BCUT2D eigenvalue weighted by Gasteiger charge is 2.08. The van der Waals surface area contributed by atoms with Crippen molar-refractivity contribution in [3.05, 3.63) is 59.4 Å². The van der Waals surface area contributed by atoms with E-state index in [0.29, 0.717) is 0 Å². The topological polar surface area (TPSA) is 35.8 Å². The van der Waals surface area contributed by atoms with Gasteiger partial charge in [0, 0.05) is 46.1 Å². The molecule has 2 rings (SSSR count). The fraction of sp³-hybridized carbons (Fsp3) is 0.421. The summed E-state index contributed by atoms with van der Waals surface area (Å²) in [4.78, 5) is 8.69. The van der Waals surface area contributed by atoms with E-state index in [1.165, 1.54) is 16.8 Å². The number of halogens is 1. The minimum absolute atomic E-state index is 0. The van der Waals surface area contributed by atoms with Crippen LogP contribution in [0.25, 0.3) is 0 Å². The van der Waals surface area contributed by atoms with Gasteiger partial charge in [-0.3, -0.25) is 4.99 Å². The smallest absolute Gasteiger partial charge is 0.194 e. The Balaban J connectivity index is 0.00000312. The first-order chi connectivity index (χ1) is 11.5. The summed E-state index contributed by atoms with van der Waals surface area (Å²) >= 11 is 0. The lowest BCUT2D eigenvalue weighted by Crippen LogP contribution is -2.38. The van der Waals surface area contributed by atoms with Gasteiger partial charge < -0.3 is 19.7 Å². The molecular weight excluding hydrogens is 425 g/mol. The van der Waals surface area contributed by atoms with Gasteiger partial charge in [0.1, 0.15) is 0 Å². The van der Waals surface area contributed by atoms with E-state index in [4.69, 9.17) is 0 Å². The fourth-order valence-electron chi connectivity index (χ4n) is 2.67. The van der Waals surface area contributed by atoms with Gasteiger partial charge in [-0.05, 0) is 37.4 Å². The van der Waals surface area contributed by atoms with Crippen molar-refractivity contribution in [3.8, 4) is 0 Å². The Morgan fingerprint density at radius 1 is 1.04 bits per heavy atom. The maximum absolute atomic E-state index is 4.39. The average molecular weight is 455 g/mol. The van der Waals surface area contributed by atoms with Crippen molar-refractivity contribution in [1.29, 1.82) is 0 Å². The first kappa shape index (κ1) is 21.5. The Kier molecular flexibility index (Phi) is 8.99. The van der Waals surface area contributed by atoms with Crippen LogP contribution in [0.2, 0.25) is 0 Å². The molecule has 0 radical (unpaired) electrons. The van der Waals surface area contributed by atoms with E-state index in [9.17, 15) is 0 Å². The molecule has 5 nitrogen and oxygen atoms in total. The van der Waals surface area contributed by atoms with Gasteiger partial charge in [0.2, 0.25) is 0 Å². The second kappa shape index (κ2) is 10.5. The number of aliphatic imine (C=N–C) groups is 1. The maximum atomic E-state index is 4.39. The van der Waals surface area contributed by atoms with Crippen LogP contribution in [0.5, 0.6) is 0 Å².